The monoisotopic (exact) mass is 133 g/mol. The summed E-state index contributed by atoms with van der Waals surface area (Å²) in [4.78, 5) is 2.62. The molecule has 0 fully saturated rings. The SMILES string of the molecule is FCc1ccc(Cl)[nH]1. The summed E-state index contributed by atoms with van der Waals surface area (Å²) < 4.78 is 11.6. The van der Waals surface area contributed by atoms with Crippen molar-refractivity contribution < 1.29 is 4.39 Å². The molecule has 0 aliphatic rings. The van der Waals surface area contributed by atoms with Gasteiger partial charge >= 0.3 is 0 Å². The van der Waals surface area contributed by atoms with Crippen molar-refractivity contribution in [1.29, 1.82) is 0 Å². The maximum Gasteiger partial charge on any atom is 0.129 e. The Kier molecular flexibility index (Phi) is 1.53. The van der Waals surface area contributed by atoms with Gasteiger partial charge in [0.05, 0.1) is 0 Å². The molecule has 0 radical (unpaired) electrons. The molecule has 0 saturated carbocycles. The molecule has 0 atom stereocenters. The molecule has 8 heavy (non-hydrogen) atoms. The molecule has 1 N–H and O–H groups in total. The number of aromatic nitrogens is 1. The molecule has 44 valence electrons. The fourth-order valence-electron chi connectivity index (χ4n) is 0.488. The third kappa shape index (κ3) is 1.01. The molecule has 0 aliphatic carbocycles. The number of aromatic amines is 1. The van der Waals surface area contributed by atoms with Crippen LogP contribution in [-0.4, -0.2) is 4.98 Å². The molecule has 0 spiro atoms. The Labute approximate surface area is 51.5 Å². The largest absolute Gasteiger partial charge is 0.347 e. The third-order valence-corrected chi connectivity index (χ3v) is 1.08. The highest BCUT2D eigenvalue weighted by Crippen LogP contribution is 2.07. The summed E-state index contributed by atoms with van der Waals surface area (Å²) in [6, 6.07) is 3.23. The van der Waals surface area contributed by atoms with Crippen LogP contribution in [0.15, 0.2) is 12.1 Å². The van der Waals surface area contributed by atoms with Gasteiger partial charge in [0.25, 0.3) is 0 Å². The second-order valence-corrected chi connectivity index (χ2v) is 1.87. The topological polar surface area (TPSA) is 15.8 Å². The zero-order chi connectivity index (χ0) is 5.98. The Bertz CT molecular complexity index is 173. The van der Waals surface area contributed by atoms with Crippen LogP contribution in [0.25, 0.3) is 0 Å². The van der Waals surface area contributed by atoms with Crippen molar-refractivity contribution in [3.8, 4) is 0 Å². The van der Waals surface area contributed by atoms with E-state index >= 15 is 0 Å². The summed E-state index contributed by atoms with van der Waals surface area (Å²) in [7, 11) is 0. The lowest BCUT2D eigenvalue weighted by Crippen LogP contribution is -1.73. The van der Waals surface area contributed by atoms with E-state index in [1.165, 1.54) is 0 Å². The Balaban J connectivity index is 2.84. The first kappa shape index (κ1) is 5.63. The molecule has 0 saturated heterocycles. The second-order valence-electron chi connectivity index (χ2n) is 1.47. The van der Waals surface area contributed by atoms with Crippen LogP contribution in [0.2, 0.25) is 5.15 Å². The van der Waals surface area contributed by atoms with Gasteiger partial charge in [0.1, 0.15) is 11.8 Å². The molecule has 1 nitrogen and oxygen atoms in total. The van der Waals surface area contributed by atoms with Crippen molar-refractivity contribution >= 4 is 11.6 Å². The molecule has 0 aliphatic heterocycles. The van der Waals surface area contributed by atoms with Crippen molar-refractivity contribution in [1.82, 2.24) is 4.98 Å². The van der Waals surface area contributed by atoms with E-state index in [1.54, 1.807) is 12.1 Å². The molecular formula is C5H5ClFN. The third-order valence-electron chi connectivity index (χ3n) is 0.855. The van der Waals surface area contributed by atoms with E-state index in [2.05, 4.69) is 4.98 Å². The van der Waals surface area contributed by atoms with Crippen LogP contribution in [0.3, 0.4) is 0 Å². The van der Waals surface area contributed by atoms with E-state index < -0.39 is 6.67 Å². The molecule has 1 aromatic rings. The molecule has 1 rings (SSSR count). The Morgan fingerprint density at radius 3 is 2.62 bits per heavy atom. The summed E-state index contributed by atoms with van der Waals surface area (Å²) in [5.74, 6) is 0. The normalized spacial score (nSPS) is 9.75. The molecule has 1 aromatic heterocycles. The summed E-state index contributed by atoms with van der Waals surface area (Å²) in [5.41, 5.74) is 0.523. The van der Waals surface area contributed by atoms with Gasteiger partial charge in [0.2, 0.25) is 0 Å². The minimum Gasteiger partial charge on any atom is -0.347 e. The van der Waals surface area contributed by atoms with Gasteiger partial charge in [0.15, 0.2) is 0 Å². The van der Waals surface area contributed by atoms with Crippen LogP contribution >= 0.6 is 11.6 Å². The van der Waals surface area contributed by atoms with Gasteiger partial charge in [0, 0.05) is 5.69 Å². The molecular weight excluding hydrogens is 129 g/mol. The first-order valence-electron chi connectivity index (χ1n) is 2.22. The minimum absolute atomic E-state index is 0.479. The zero-order valence-electron chi connectivity index (χ0n) is 4.12. The average Bonchev–Trinajstić information content (AvgIpc) is 2.14. The van der Waals surface area contributed by atoms with E-state index in [0.717, 1.165) is 0 Å². The smallest absolute Gasteiger partial charge is 0.129 e. The summed E-state index contributed by atoms with van der Waals surface area (Å²) in [6.45, 7) is -0.479. The van der Waals surface area contributed by atoms with Crippen molar-refractivity contribution in [2.45, 2.75) is 6.67 Å². The zero-order valence-corrected chi connectivity index (χ0v) is 4.87. The van der Waals surface area contributed by atoms with E-state index in [-0.39, 0.29) is 0 Å². The highest BCUT2D eigenvalue weighted by atomic mass is 35.5. The van der Waals surface area contributed by atoms with Crippen LogP contribution in [-0.2, 0) is 6.67 Å². The van der Waals surface area contributed by atoms with Crippen LogP contribution in [0.4, 0.5) is 4.39 Å². The first-order valence-corrected chi connectivity index (χ1v) is 2.60. The maximum atomic E-state index is 11.6. The van der Waals surface area contributed by atoms with E-state index in [1.807, 2.05) is 0 Å². The van der Waals surface area contributed by atoms with E-state index in [4.69, 9.17) is 11.6 Å². The molecule has 0 aromatic carbocycles. The lowest BCUT2D eigenvalue weighted by molar-refractivity contribution is 0.477. The summed E-state index contributed by atoms with van der Waals surface area (Å²) in [5, 5.41) is 0.484. The molecule has 1 heterocycles. The quantitative estimate of drug-likeness (QED) is 0.604. The fourth-order valence-corrected chi connectivity index (χ4v) is 0.673. The highest BCUT2D eigenvalue weighted by molar-refractivity contribution is 6.29. The maximum absolute atomic E-state index is 11.6. The Hall–Kier alpha value is -0.500. The number of hydrogen-bond acceptors (Lipinski definition) is 0. The second kappa shape index (κ2) is 2.18. The summed E-state index contributed by atoms with van der Waals surface area (Å²) >= 11 is 5.42. The number of H-pyrrole nitrogens is 1. The van der Waals surface area contributed by atoms with Crippen LogP contribution in [0.5, 0.6) is 0 Å². The van der Waals surface area contributed by atoms with Gasteiger partial charge in [-0.25, -0.2) is 4.39 Å². The van der Waals surface area contributed by atoms with Crippen LogP contribution < -0.4 is 0 Å². The van der Waals surface area contributed by atoms with E-state index in [0.29, 0.717) is 10.8 Å². The predicted molar refractivity (Wildman–Crippen MR) is 30.6 cm³/mol. The van der Waals surface area contributed by atoms with Gasteiger partial charge < -0.3 is 4.98 Å². The number of nitrogens with one attached hydrogen (secondary N) is 1. The fraction of sp³-hybridized carbons (Fsp3) is 0.200. The molecule has 0 bridgehead atoms. The Morgan fingerprint density at radius 2 is 2.38 bits per heavy atom. The van der Waals surface area contributed by atoms with Crippen molar-refractivity contribution in [3.63, 3.8) is 0 Å². The van der Waals surface area contributed by atoms with Gasteiger partial charge in [-0.05, 0) is 12.1 Å². The van der Waals surface area contributed by atoms with Gasteiger partial charge in [-0.15, -0.1) is 0 Å². The Morgan fingerprint density at radius 1 is 1.62 bits per heavy atom. The standard InChI is InChI=1S/C5H5ClFN/c6-5-2-1-4(3-7)8-5/h1-2,8H,3H2. The summed E-state index contributed by atoms with van der Waals surface area (Å²) in [6.07, 6.45) is 0. The van der Waals surface area contributed by atoms with Gasteiger partial charge in [-0.2, -0.15) is 0 Å². The van der Waals surface area contributed by atoms with Crippen LogP contribution in [0, 0.1) is 0 Å². The van der Waals surface area contributed by atoms with Crippen molar-refractivity contribution in [2.75, 3.05) is 0 Å². The van der Waals surface area contributed by atoms with Gasteiger partial charge in [-0.1, -0.05) is 11.6 Å². The van der Waals surface area contributed by atoms with Gasteiger partial charge in [-0.3, -0.25) is 0 Å². The predicted octanol–water partition coefficient (Wildman–Crippen LogP) is 2.14. The number of alkyl halides is 1. The lowest BCUT2D eigenvalue weighted by atomic mass is 10.5. The average molecular weight is 134 g/mol. The van der Waals surface area contributed by atoms with Crippen LogP contribution in [0.1, 0.15) is 5.69 Å². The number of hydrogen-bond donors (Lipinski definition) is 1. The van der Waals surface area contributed by atoms with E-state index in [9.17, 15) is 4.39 Å². The minimum atomic E-state index is -0.479. The molecule has 0 amide bonds. The van der Waals surface area contributed by atoms with Crippen molar-refractivity contribution in [3.05, 3.63) is 23.0 Å². The van der Waals surface area contributed by atoms with Crippen molar-refractivity contribution in [2.24, 2.45) is 0 Å². The first-order chi connectivity index (χ1) is 3.83. The molecule has 0 unspecified atom stereocenters. The highest BCUT2D eigenvalue weighted by Gasteiger charge is 1.91. The number of halogens is 2. The lowest BCUT2D eigenvalue weighted by Gasteiger charge is -1.80. The number of rotatable bonds is 1. The molecule has 3 heteroatoms.